The molecular formula is C22H24N4O2. The first-order chi connectivity index (χ1) is 13.8. The second-order valence-corrected chi connectivity index (χ2v) is 6.57. The minimum Gasteiger partial charge on any atom is -0.382 e. The molecule has 0 saturated heterocycles. The number of nitrogens with zero attached hydrogens (tertiary/aromatic N) is 3. The fraction of sp³-hybridized carbons (Fsp3) is 0.273. The number of anilines is 1. The Morgan fingerprint density at radius 3 is 2.54 bits per heavy atom. The van der Waals surface area contributed by atoms with Crippen molar-refractivity contribution < 1.29 is 9.47 Å². The van der Waals surface area contributed by atoms with Gasteiger partial charge in [0.15, 0.2) is 5.82 Å². The van der Waals surface area contributed by atoms with Gasteiger partial charge in [-0.2, -0.15) is 0 Å². The number of nitrogens with two attached hydrogens (primary N) is 1. The normalized spacial score (nSPS) is 11.5. The van der Waals surface area contributed by atoms with Gasteiger partial charge in [0.05, 0.1) is 24.2 Å². The summed E-state index contributed by atoms with van der Waals surface area (Å²) in [6.07, 6.45) is 0. The molecule has 6 heteroatoms. The van der Waals surface area contributed by atoms with Gasteiger partial charge in [0.25, 0.3) is 0 Å². The van der Waals surface area contributed by atoms with Gasteiger partial charge in [-0.1, -0.05) is 48.5 Å². The summed E-state index contributed by atoms with van der Waals surface area (Å²) in [5, 5.41) is 1.03. The van der Waals surface area contributed by atoms with E-state index in [0.29, 0.717) is 38.8 Å². The zero-order valence-corrected chi connectivity index (χ0v) is 16.0. The maximum Gasteiger partial charge on any atom is 0.152 e. The van der Waals surface area contributed by atoms with Gasteiger partial charge in [0.1, 0.15) is 17.9 Å². The molecule has 0 spiro atoms. The Morgan fingerprint density at radius 1 is 0.929 bits per heavy atom. The first-order valence-corrected chi connectivity index (χ1v) is 9.50. The third-order valence-electron chi connectivity index (χ3n) is 4.70. The third kappa shape index (κ3) is 3.69. The van der Waals surface area contributed by atoms with Crippen molar-refractivity contribution in [1.82, 2.24) is 14.5 Å². The molecule has 28 heavy (non-hydrogen) atoms. The van der Waals surface area contributed by atoms with E-state index in [4.69, 9.17) is 20.2 Å². The van der Waals surface area contributed by atoms with Crippen LogP contribution in [0.1, 0.15) is 18.3 Å². The third-order valence-corrected chi connectivity index (χ3v) is 4.70. The van der Waals surface area contributed by atoms with Crippen molar-refractivity contribution in [2.24, 2.45) is 0 Å². The van der Waals surface area contributed by atoms with Gasteiger partial charge in [0.2, 0.25) is 0 Å². The van der Waals surface area contributed by atoms with Crippen LogP contribution in [0.3, 0.4) is 0 Å². The monoisotopic (exact) mass is 376 g/mol. The van der Waals surface area contributed by atoms with Crippen LogP contribution in [0, 0.1) is 0 Å². The number of pyridine rings is 1. The molecule has 0 aliphatic rings. The Labute approximate surface area is 163 Å². The maximum atomic E-state index is 6.21. The molecule has 0 radical (unpaired) electrons. The fourth-order valence-corrected chi connectivity index (χ4v) is 3.37. The highest BCUT2D eigenvalue weighted by atomic mass is 16.5. The summed E-state index contributed by atoms with van der Waals surface area (Å²) in [6.45, 7) is 4.84. The number of benzene rings is 2. The Morgan fingerprint density at radius 2 is 1.71 bits per heavy atom. The van der Waals surface area contributed by atoms with Crippen molar-refractivity contribution in [2.45, 2.75) is 26.7 Å². The summed E-state index contributed by atoms with van der Waals surface area (Å²) in [5.74, 6) is 1.28. The quantitative estimate of drug-likeness (QED) is 0.472. The molecule has 0 saturated carbocycles. The average molecular weight is 376 g/mol. The molecule has 0 fully saturated rings. The van der Waals surface area contributed by atoms with Crippen molar-refractivity contribution in [3.8, 4) is 0 Å². The molecule has 0 unspecified atom stereocenters. The molecule has 6 nitrogen and oxygen atoms in total. The highest BCUT2D eigenvalue weighted by Gasteiger charge is 2.17. The van der Waals surface area contributed by atoms with Gasteiger partial charge in [0, 0.05) is 18.5 Å². The van der Waals surface area contributed by atoms with E-state index in [2.05, 4.69) is 27.8 Å². The van der Waals surface area contributed by atoms with Gasteiger partial charge >= 0.3 is 0 Å². The molecule has 144 valence electrons. The molecule has 0 amide bonds. The smallest absolute Gasteiger partial charge is 0.152 e. The molecule has 2 aromatic heterocycles. The number of rotatable bonds is 8. The number of ether oxygens (including phenoxy) is 2. The molecule has 2 N–H and O–H groups in total. The molecule has 2 heterocycles. The van der Waals surface area contributed by atoms with E-state index in [0.717, 1.165) is 33.3 Å². The molecule has 2 aromatic carbocycles. The lowest BCUT2D eigenvalue weighted by molar-refractivity contribution is 0.105. The highest BCUT2D eigenvalue weighted by molar-refractivity contribution is 6.06. The number of hydrogen-bond acceptors (Lipinski definition) is 5. The van der Waals surface area contributed by atoms with Gasteiger partial charge < -0.3 is 19.8 Å². The second-order valence-electron chi connectivity index (χ2n) is 6.57. The highest BCUT2D eigenvalue weighted by Crippen LogP contribution is 2.29. The second kappa shape index (κ2) is 8.37. The van der Waals surface area contributed by atoms with Crippen LogP contribution in [0.25, 0.3) is 21.9 Å². The molecule has 0 bridgehead atoms. The van der Waals surface area contributed by atoms with Crippen LogP contribution < -0.4 is 5.73 Å². The van der Waals surface area contributed by atoms with Gasteiger partial charge in [-0.15, -0.1) is 0 Å². The van der Waals surface area contributed by atoms with E-state index in [1.165, 1.54) is 0 Å². The van der Waals surface area contributed by atoms with Crippen molar-refractivity contribution >= 4 is 27.8 Å². The number of nitrogen functional groups attached to an aromatic ring is 1. The van der Waals surface area contributed by atoms with Crippen LogP contribution >= 0.6 is 0 Å². The van der Waals surface area contributed by atoms with Crippen LogP contribution in [0.4, 0.5) is 5.82 Å². The van der Waals surface area contributed by atoms with E-state index in [-0.39, 0.29) is 0 Å². The minimum atomic E-state index is 0.428. The van der Waals surface area contributed by atoms with Gasteiger partial charge in [-0.05, 0) is 18.6 Å². The van der Waals surface area contributed by atoms with Crippen molar-refractivity contribution in [3.05, 3.63) is 66.0 Å². The van der Waals surface area contributed by atoms with E-state index in [9.17, 15) is 0 Å². The van der Waals surface area contributed by atoms with Crippen LogP contribution in [-0.2, 0) is 29.2 Å². The van der Waals surface area contributed by atoms with Crippen molar-refractivity contribution in [2.75, 3.05) is 18.9 Å². The minimum absolute atomic E-state index is 0.428. The van der Waals surface area contributed by atoms with E-state index in [1.54, 1.807) is 0 Å². The van der Waals surface area contributed by atoms with E-state index >= 15 is 0 Å². The van der Waals surface area contributed by atoms with E-state index < -0.39 is 0 Å². The van der Waals surface area contributed by atoms with Crippen molar-refractivity contribution in [1.29, 1.82) is 0 Å². The first kappa shape index (κ1) is 18.4. The summed E-state index contributed by atoms with van der Waals surface area (Å²) >= 11 is 0. The van der Waals surface area contributed by atoms with Crippen LogP contribution in [0.5, 0.6) is 0 Å². The maximum absolute atomic E-state index is 6.21. The lowest BCUT2D eigenvalue weighted by atomic mass is 10.2. The number of hydrogen-bond donors (Lipinski definition) is 1. The SMILES string of the molecule is CCOCc1nc2c(N)nc3ccccc3c2n1CCOCc1ccccc1. The Hall–Kier alpha value is -2.96. The van der Waals surface area contributed by atoms with Gasteiger partial charge in [-0.25, -0.2) is 9.97 Å². The zero-order chi connectivity index (χ0) is 19.3. The van der Waals surface area contributed by atoms with Crippen LogP contribution in [-0.4, -0.2) is 27.7 Å². The summed E-state index contributed by atoms with van der Waals surface area (Å²) in [6, 6.07) is 18.2. The Kier molecular flexibility index (Phi) is 5.50. The molecule has 4 rings (SSSR count). The molecule has 0 atom stereocenters. The fourth-order valence-electron chi connectivity index (χ4n) is 3.37. The average Bonchev–Trinajstić information content (AvgIpc) is 3.10. The zero-order valence-electron chi connectivity index (χ0n) is 16.0. The number of imidazole rings is 1. The molecule has 0 aliphatic heterocycles. The summed E-state index contributed by atoms with van der Waals surface area (Å²) in [4.78, 5) is 9.24. The Balaban J connectivity index is 1.65. The predicted molar refractivity (Wildman–Crippen MR) is 111 cm³/mol. The molecule has 0 aliphatic carbocycles. The lowest BCUT2D eigenvalue weighted by Gasteiger charge is -2.11. The standard InChI is InChI=1S/C22H24N4O2/c1-2-27-15-19-25-20-21(17-10-6-7-11-18(17)24-22(20)23)26(19)12-13-28-14-16-8-4-3-5-9-16/h3-11H,2,12-15H2,1H3,(H2,23,24). The first-order valence-electron chi connectivity index (χ1n) is 9.50. The largest absolute Gasteiger partial charge is 0.382 e. The van der Waals surface area contributed by atoms with Crippen LogP contribution in [0.2, 0.25) is 0 Å². The number of fused-ring (bicyclic) bond motifs is 3. The van der Waals surface area contributed by atoms with Gasteiger partial charge in [-0.3, -0.25) is 0 Å². The topological polar surface area (TPSA) is 75.2 Å². The number of para-hydroxylation sites is 1. The summed E-state index contributed by atoms with van der Waals surface area (Å²) in [5.41, 5.74) is 9.93. The predicted octanol–water partition coefficient (Wildman–Crippen LogP) is 3.92. The van der Waals surface area contributed by atoms with E-state index in [1.807, 2.05) is 43.3 Å². The molecule has 4 aromatic rings. The van der Waals surface area contributed by atoms with Crippen molar-refractivity contribution in [3.63, 3.8) is 0 Å². The summed E-state index contributed by atoms with van der Waals surface area (Å²) < 4.78 is 13.7. The Bertz CT molecular complexity index is 1080. The molecular weight excluding hydrogens is 352 g/mol. The lowest BCUT2D eigenvalue weighted by Crippen LogP contribution is -2.11. The number of aromatic nitrogens is 3. The summed E-state index contributed by atoms with van der Waals surface area (Å²) in [7, 11) is 0. The van der Waals surface area contributed by atoms with Crippen LogP contribution in [0.15, 0.2) is 54.6 Å².